The van der Waals surface area contributed by atoms with E-state index < -0.39 is 16.9 Å². The Morgan fingerprint density at radius 2 is 2.21 bits per heavy atom. The third-order valence-corrected chi connectivity index (χ3v) is 2.90. The summed E-state index contributed by atoms with van der Waals surface area (Å²) in [5.74, 6) is -0.487. The number of aliphatic hydroxyl groups excluding tert-OH is 1. The van der Waals surface area contributed by atoms with Gasteiger partial charge in [-0.15, -0.1) is 0 Å². The first-order valence-corrected chi connectivity index (χ1v) is 6.17. The summed E-state index contributed by atoms with van der Waals surface area (Å²) in [6, 6.07) is 4.63. The van der Waals surface area contributed by atoms with E-state index in [9.17, 15) is 20.0 Å². The number of carbonyl (C=O) groups excluding carboxylic acids is 1. The summed E-state index contributed by atoms with van der Waals surface area (Å²) in [4.78, 5) is 22.3. The van der Waals surface area contributed by atoms with Crippen LogP contribution in [0.2, 0.25) is 0 Å². The van der Waals surface area contributed by atoms with E-state index in [2.05, 4.69) is 5.32 Å². The molecule has 0 aliphatic heterocycles. The fourth-order valence-corrected chi connectivity index (χ4v) is 1.74. The zero-order chi connectivity index (χ0) is 14.4. The predicted octanol–water partition coefficient (Wildman–Crippen LogP) is 1.79. The van der Waals surface area contributed by atoms with Crippen molar-refractivity contribution in [2.45, 2.75) is 32.8 Å². The summed E-state index contributed by atoms with van der Waals surface area (Å²) < 4.78 is 0. The molecule has 2 N–H and O–H groups in total. The third kappa shape index (κ3) is 4.03. The molecule has 0 fully saturated rings. The molecule has 0 radical (unpaired) electrons. The number of carbonyl (C=O) groups is 1. The number of rotatable bonds is 6. The Morgan fingerprint density at radius 1 is 1.53 bits per heavy atom. The summed E-state index contributed by atoms with van der Waals surface area (Å²) in [5, 5.41) is 22.9. The molecule has 19 heavy (non-hydrogen) atoms. The van der Waals surface area contributed by atoms with Crippen LogP contribution in [-0.2, 0) is 0 Å². The topological polar surface area (TPSA) is 92.5 Å². The largest absolute Gasteiger partial charge is 0.393 e. The second-order valence-corrected chi connectivity index (χ2v) is 4.33. The zero-order valence-electron chi connectivity index (χ0n) is 11.0. The molecule has 6 nitrogen and oxygen atoms in total. The van der Waals surface area contributed by atoms with Crippen molar-refractivity contribution in [3.05, 3.63) is 39.4 Å². The van der Waals surface area contributed by atoms with Gasteiger partial charge in [-0.1, -0.05) is 19.1 Å². The molecule has 1 amide bonds. The predicted molar refractivity (Wildman–Crippen MR) is 71.1 cm³/mol. The van der Waals surface area contributed by atoms with Gasteiger partial charge in [-0.05, 0) is 25.8 Å². The molecule has 0 saturated carbocycles. The van der Waals surface area contributed by atoms with Gasteiger partial charge >= 0.3 is 0 Å². The summed E-state index contributed by atoms with van der Waals surface area (Å²) in [5.41, 5.74) is 0.332. The minimum Gasteiger partial charge on any atom is -0.393 e. The van der Waals surface area contributed by atoms with E-state index in [1.165, 1.54) is 6.07 Å². The normalized spacial score (nSPS) is 11.9. The highest BCUT2D eigenvalue weighted by Crippen LogP contribution is 2.22. The van der Waals surface area contributed by atoms with Crippen LogP contribution in [0, 0.1) is 17.0 Å². The van der Waals surface area contributed by atoms with Crippen LogP contribution in [0.3, 0.4) is 0 Å². The van der Waals surface area contributed by atoms with Crippen molar-refractivity contribution in [1.29, 1.82) is 0 Å². The molecule has 1 aromatic rings. The lowest BCUT2D eigenvalue weighted by molar-refractivity contribution is -0.385. The highest BCUT2D eigenvalue weighted by molar-refractivity contribution is 5.98. The first-order chi connectivity index (χ1) is 8.97. The Labute approximate surface area is 111 Å². The molecule has 0 spiro atoms. The second kappa shape index (κ2) is 6.84. The minimum absolute atomic E-state index is 0.0518. The third-order valence-electron chi connectivity index (χ3n) is 2.90. The first kappa shape index (κ1) is 15.1. The van der Waals surface area contributed by atoms with Crippen LogP contribution in [0.15, 0.2) is 18.2 Å². The van der Waals surface area contributed by atoms with Gasteiger partial charge in [-0.3, -0.25) is 14.9 Å². The molecule has 6 heteroatoms. The number of nitro benzene ring substituents is 1. The van der Waals surface area contributed by atoms with Crippen LogP contribution in [-0.4, -0.2) is 28.6 Å². The van der Waals surface area contributed by atoms with E-state index in [0.29, 0.717) is 24.9 Å². The van der Waals surface area contributed by atoms with Crippen LogP contribution in [0.1, 0.15) is 35.7 Å². The number of hydrogen-bond donors (Lipinski definition) is 2. The first-order valence-electron chi connectivity index (χ1n) is 6.17. The van der Waals surface area contributed by atoms with Crippen molar-refractivity contribution in [3.63, 3.8) is 0 Å². The second-order valence-electron chi connectivity index (χ2n) is 4.33. The monoisotopic (exact) mass is 266 g/mol. The number of aryl methyl sites for hydroxylation is 1. The van der Waals surface area contributed by atoms with Gasteiger partial charge in [0.1, 0.15) is 5.56 Å². The van der Waals surface area contributed by atoms with Gasteiger partial charge in [0.05, 0.1) is 11.0 Å². The summed E-state index contributed by atoms with van der Waals surface area (Å²) in [6.07, 6.45) is 0.579. The van der Waals surface area contributed by atoms with Crippen LogP contribution in [0.4, 0.5) is 5.69 Å². The molecule has 1 rings (SSSR count). The Hall–Kier alpha value is -1.95. The Kier molecular flexibility index (Phi) is 5.44. The molecule has 1 atom stereocenters. The number of para-hydroxylation sites is 1. The number of amides is 1. The Bertz CT molecular complexity index is 474. The molecule has 0 aromatic heterocycles. The molecule has 0 aliphatic carbocycles. The average Bonchev–Trinajstić information content (AvgIpc) is 2.37. The molecule has 1 unspecified atom stereocenters. The molecular formula is C13H18N2O4. The quantitative estimate of drug-likeness (QED) is 0.606. The standard InChI is InChI=1S/C13H18N2O4/c1-3-10(16)7-8-14-13(17)11-6-4-5-9(2)12(11)15(18)19/h4-6,10,16H,3,7-8H2,1-2H3,(H,14,17). The Balaban J connectivity index is 2.77. The fourth-order valence-electron chi connectivity index (χ4n) is 1.74. The van der Waals surface area contributed by atoms with E-state index in [1.807, 2.05) is 6.92 Å². The van der Waals surface area contributed by atoms with Gasteiger partial charge in [0.2, 0.25) is 0 Å². The molecule has 104 valence electrons. The SMILES string of the molecule is CCC(O)CCNC(=O)c1cccc(C)c1[N+](=O)[O-]. The van der Waals surface area contributed by atoms with E-state index in [0.717, 1.165) is 0 Å². The van der Waals surface area contributed by atoms with E-state index in [4.69, 9.17) is 0 Å². The van der Waals surface area contributed by atoms with Gasteiger partial charge in [-0.25, -0.2) is 0 Å². The van der Waals surface area contributed by atoms with Crippen molar-refractivity contribution in [1.82, 2.24) is 5.32 Å². The smallest absolute Gasteiger partial charge is 0.285 e. The van der Waals surface area contributed by atoms with Crippen molar-refractivity contribution < 1.29 is 14.8 Å². The number of hydrogen-bond acceptors (Lipinski definition) is 4. The maximum Gasteiger partial charge on any atom is 0.285 e. The molecule has 0 heterocycles. The Morgan fingerprint density at radius 3 is 2.79 bits per heavy atom. The van der Waals surface area contributed by atoms with Crippen LogP contribution < -0.4 is 5.32 Å². The van der Waals surface area contributed by atoms with Crippen molar-refractivity contribution >= 4 is 11.6 Å². The fraction of sp³-hybridized carbons (Fsp3) is 0.462. The maximum absolute atomic E-state index is 11.9. The maximum atomic E-state index is 11.9. The van der Waals surface area contributed by atoms with E-state index in [1.54, 1.807) is 19.1 Å². The van der Waals surface area contributed by atoms with Crippen LogP contribution >= 0.6 is 0 Å². The summed E-state index contributed by atoms with van der Waals surface area (Å²) >= 11 is 0. The highest BCUT2D eigenvalue weighted by Gasteiger charge is 2.21. The zero-order valence-corrected chi connectivity index (χ0v) is 11.0. The van der Waals surface area contributed by atoms with E-state index >= 15 is 0 Å². The molecule has 1 aromatic carbocycles. The minimum atomic E-state index is -0.550. The lowest BCUT2D eigenvalue weighted by Crippen LogP contribution is -2.27. The summed E-state index contributed by atoms with van der Waals surface area (Å²) in [7, 11) is 0. The van der Waals surface area contributed by atoms with Crippen molar-refractivity contribution in [3.8, 4) is 0 Å². The van der Waals surface area contributed by atoms with Gasteiger partial charge in [0, 0.05) is 12.1 Å². The van der Waals surface area contributed by atoms with E-state index in [-0.39, 0.29) is 11.3 Å². The molecule has 0 saturated heterocycles. The lowest BCUT2D eigenvalue weighted by Gasteiger charge is -2.09. The van der Waals surface area contributed by atoms with Gasteiger partial charge in [0.15, 0.2) is 0 Å². The molecule has 0 bridgehead atoms. The van der Waals surface area contributed by atoms with Gasteiger partial charge in [0.25, 0.3) is 11.6 Å². The number of benzene rings is 1. The van der Waals surface area contributed by atoms with Crippen molar-refractivity contribution in [2.75, 3.05) is 6.54 Å². The molecular weight excluding hydrogens is 248 g/mol. The summed E-state index contributed by atoms with van der Waals surface area (Å²) in [6.45, 7) is 3.73. The van der Waals surface area contributed by atoms with Crippen molar-refractivity contribution in [2.24, 2.45) is 0 Å². The highest BCUT2D eigenvalue weighted by atomic mass is 16.6. The number of nitro groups is 1. The lowest BCUT2D eigenvalue weighted by atomic mass is 10.1. The average molecular weight is 266 g/mol. The molecule has 0 aliphatic rings. The number of nitrogens with one attached hydrogen (secondary N) is 1. The van der Waals surface area contributed by atoms with Crippen LogP contribution in [0.5, 0.6) is 0 Å². The van der Waals surface area contributed by atoms with Gasteiger partial charge < -0.3 is 10.4 Å². The van der Waals surface area contributed by atoms with Gasteiger partial charge in [-0.2, -0.15) is 0 Å². The number of nitrogens with zero attached hydrogens (tertiary/aromatic N) is 1. The number of aliphatic hydroxyl groups is 1. The van der Waals surface area contributed by atoms with Crippen LogP contribution in [0.25, 0.3) is 0 Å².